The van der Waals surface area contributed by atoms with Gasteiger partial charge in [0.2, 0.25) is 0 Å². The quantitative estimate of drug-likeness (QED) is 0.788. The zero-order valence-corrected chi connectivity index (χ0v) is 7.94. The van der Waals surface area contributed by atoms with Crippen LogP contribution in [0.4, 0.5) is 21.6 Å². The summed E-state index contributed by atoms with van der Waals surface area (Å²) in [6.07, 6.45) is 1.13. The topological polar surface area (TPSA) is 50.9 Å². The van der Waals surface area contributed by atoms with Crippen LogP contribution in [0.2, 0.25) is 0 Å². The van der Waals surface area contributed by atoms with Gasteiger partial charge in [-0.1, -0.05) is 18.2 Å². The van der Waals surface area contributed by atoms with Gasteiger partial charge in [0.25, 0.3) is 0 Å². The number of halogens is 1. The van der Waals surface area contributed by atoms with Crippen LogP contribution in [-0.4, -0.2) is 4.98 Å². The van der Waals surface area contributed by atoms with Crippen molar-refractivity contribution in [2.24, 2.45) is 0 Å². The third kappa shape index (κ3) is 2.22. The summed E-state index contributed by atoms with van der Waals surface area (Å²) in [5, 5.41) is 3.00. The number of nitrogen functional groups attached to an aromatic ring is 1. The monoisotopic (exact) mass is 203 g/mol. The molecule has 0 amide bonds. The number of hydrogen-bond acceptors (Lipinski definition) is 3. The fourth-order valence-electron chi connectivity index (χ4n) is 1.22. The van der Waals surface area contributed by atoms with Crippen LogP contribution in [0.15, 0.2) is 42.6 Å². The summed E-state index contributed by atoms with van der Waals surface area (Å²) < 4.78 is 12.7. The van der Waals surface area contributed by atoms with Gasteiger partial charge in [-0.05, 0) is 12.1 Å². The van der Waals surface area contributed by atoms with Crippen LogP contribution in [0.1, 0.15) is 0 Å². The second kappa shape index (κ2) is 3.96. The molecule has 3 nitrogen and oxygen atoms in total. The molecule has 0 radical (unpaired) electrons. The number of para-hydroxylation sites is 1. The number of anilines is 3. The van der Waals surface area contributed by atoms with Crippen molar-refractivity contribution in [3.63, 3.8) is 0 Å². The van der Waals surface area contributed by atoms with Crippen molar-refractivity contribution >= 4 is 17.2 Å². The first-order chi connectivity index (χ1) is 7.25. The molecule has 76 valence electrons. The summed E-state index contributed by atoms with van der Waals surface area (Å²) in [7, 11) is 0. The molecule has 0 fully saturated rings. The second-order valence-electron chi connectivity index (χ2n) is 3.08. The van der Waals surface area contributed by atoms with E-state index in [4.69, 9.17) is 5.73 Å². The minimum atomic E-state index is -0.439. The van der Waals surface area contributed by atoms with E-state index in [-0.39, 0.29) is 0 Å². The summed E-state index contributed by atoms with van der Waals surface area (Å²) in [5.74, 6) is 0.0220. The Morgan fingerprint density at radius 1 is 1.20 bits per heavy atom. The van der Waals surface area contributed by atoms with Crippen molar-refractivity contribution in [3.8, 4) is 0 Å². The highest BCUT2D eigenvalue weighted by Crippen LogP contribution is 2.20. The van der Waals surface area contributed by atoms with E-state index < -0.39 is 5.82 Å². The van der Waals surface area contributed by atoms with E-state index in [2.05, 4.69) is 10.3 Å². The molecule has 0 saturated heterocycles. The van der Waals surface area contributed by atoms with Gasteiger partial charge < -0.3 is 11.1 Å². The van der Waals surface area contributed by atoms with E-state index in [9.17, 15) is 4.39 Å². The highest BCUT2D eigenvalue weighted by Gasteiger charge is 2.01. The standard InChI is InChI=1S/C11H10FN3/c12-8-6-10(13)11(14-7-8)15-9-4-2-1-3-5-9/h1-7H,13H2,(H,14,15). The van der Waals surface area contributed by atoms with Gasteiger partial charge in [0.1, 0.15) is 5.82 Å². The van der Waals surface area contributed by atoms with Crippen LogP contribution in [0, 0.1) is 5.82 Å². The predicted molar refractivity (Wildman–Crippen MR) is 58.3 cm³/mol. The van der Waals surface area contributed by atoms with Crippen molar-refractivity contribution < 1.29 is 4.39 Å². The molecule has 0 aliphatic rings. The smallest absolute Gasteiger partial charge is 0.153 e. The number of hydrogen-bond donors (Lipinski definition) is 2. The van der Waals surface area contributed by atoms with Crippen LogP contribution in [-0.2, 0) is 0 Å². The number of nitrogens with one attached hydrogen (secondary N) is 1. The molecule has 1 aromatic carbocycles. The van der Waals surface area contributed by atoms with Gasteiger partial charge in [-0.15, -0.1) is 0 Å². The Hall–Kier alpha value is -2.10. The average molecular weight is 203 g/mol. The summed E-state index contributed by atoms with van der Waals surface area (Å²) in [6, 6.07) is 10.7. The van der Waals surface area contributed by atoms with Crippen molar-refractivity contribution in [3.05, 3.63) is 48.4 Å². The second-order valence-corrected chi connectivity index (χ2v) is 3.08. The molecule has 4 heteroatoms. The average Bonchev–Trinajstić information content (AvgIpc) is 2.24. The molecule has 15 heavy (non-hydrogen) atoms. The lowest BCUT2D eigenvalue weighted by Crippen LogP contribution is -1.99. The number of rotatable bonds is 2. The summed E-state index contributed by atoms with van der Waals surface area (Å²) in [6.45, 7) is 0. The SMILES string of the molecule is Nc1cc(F)cnc1Nc1ccccc1. The Morgan fingerprint density at radius 2 is 1.93 bits per heavy atom. The fourth-order valence-corrected chi connectivity index (χ4v) is 1.22. The van der Waals surface area contributed by atoms with Gasteiger partial charge in [0.15, 0.2) is 5.82 Å². The fraction of sp³-hybridized carbons (Fsp3) is 0. The number of aromatic nitrogens is 1. The maximum Gasteiger partial charge on any atom is 0.153 e. The van der Waals surface area contributed by atoms with Gasteiger partial charge in [-0.25, -0.2) is 9.37 Å². The third-order valence-corrected chi connectivity index (χ3v) is 1.92. The Bertz CT molecular complexity index is 457. The number of nitrogens with two attached hydrogens (primary N) is 1. The van der Waals surface area contributed by atoms with E-state index in [1.165, 1.54) is 6.07 Å². The van der Waals surface area contributed by atoms with E-state index in [1.54, 1.807) is 0 Å². The van der Waals surface area contributed by atoms with Crippen LogP contribution in [0.5, 0.6) is 0 Å². The first-order valence-corrected chi connectivity index (χ1v) is 4.49. The van der Waals surface area contributed by atoms with Gasteiger partial charge in [-0.2, -0.15) is 0 Å². The van der Waals surface area contributed by atoms with Crippen LogP contribution < -0.4 is 11.1 Å². The van der Waals surface area contributed by atoms with Gasteiger partial charge in [0, 0.05) is 11.8 Å². The summed E-state index contributed by atoms with van der Waals surface area (Å²) in [5.41, 5.74) is 6.76. The van der Waals surface area contributed by atoms with E-state index in [1.807, 2.05) is 30.3 Å². The lowest BCUT2D eigenvalue weighted by atomic mass is 10.3. The first-order valence-electron chi connectivity index (χ1n) is 4.49. The molecule has 0 saturated carbocycles. The van der Waals surface area contributed by atoms with Crippen molar-refractivity contribution in [1.29, 1.82) is 0 Å². The Labute approximate surface area is 86.8 Å². The Balaban J connectivity index is 2.25. The Kier molecular flexibility index (Phi) is 2.49. The molecule has 0 aliphatic heterocycles. The minimum Gasteiger partial charge on any atom is -0.396 e. The molecule has 0 unspecified atom stereocenters. The molecule has 0 atom stereocenters. The van der Waals surface area contributed by atoms with E-state index >= 15 is 0 Å². The zero-order valence-electron chi connectivity index (χ0n) is 7.94. The highest BCUT2D eigenvalue weighted by molar-refractivity contribution is 5.68. The largest absolute Gasteiger partial charge is 0.396 e. The molecular weight excluding hydrogens is 193 g/mol. The maximum atomic E-state index is 12.7. The van der Waals surface area contributed by atoms with Crippen molar-refractivity contribution in [2.45, 2.75) is 0 Å². The van der Waals surface area contributed by atoms with Gasteiger partial charge in [0.05, 0.1) is 11.9 Å². The first kappa shape index (κ1) is 9.45. The molecule has 1 aromatic heterocycles. The van der Waals surface area contributed by atoms with Gasteiger partial charge >= 0.3 is 0 Å². The number of pyridine rings is 1. The highest BCUT2D eigenvalue weighted by atomic mass is 19.1. The molecule has 1 heterocycles. The van der Waals surface area contributed by atoms with E-state index in [0.29, 0.717) is 11.5 Å². The number of nitrogens with zero attached hydrogens (tertiary/aromatic N) is 1. The van der Waals surface area contributed by atoms with Crippen LogP contribution in [0.3, 0.4) is 0 Å². The molecule has 0 spiro atoms. The molecule has 3 N–H and O–H groups in total. The zero-order chi connectivity index (χ0) is 10.7. The molecule has 2 aromatic rings. The van der Waals surface area contributed by atoms with Crippen LogP contribution >= 0.6 is 0 Å². The molecular formula is C11H10FN3. The van der Waals surface area contributed by atoms with Crippen LogP contribution in [0.25, 0.3) is 0 Å². The van der Waals surface area contributed by atoms with E-state index in [0.717, 1.165) is 11.9 Å². The maximum absolute atomic E-state index is 12.7. The third-order valence-electron chi connectivity index (χ3n) is 1.92. The van der Waals surface area contributed by atoms with Crippen molar-refractivity contribution in [1.82, 2.24) is 4.98 Å². The molecule has 2 rings (SSSR count). The summed E-state index contributed by atoms with van der Waals surface area (Å²) in [4.78, 5) is 3.86. The molecule has 0 bridgehead atoms. The molecule has 0 aliphatic carbocycles. The van der Waals surface area contributed by atoms with Crippen molar-refractivity contribution in [2.75, 3.05) is 11.1 Å². The lowest BCUT2D eigenvalue weighted by Gasteiger charge is -2.07. The normalized spacial score (nSPS) is 9.93. The lowest BCUT2D eigenvalue weighted by molar-refractivity contribution is 0.622. The summed E-state index contributed by atoms with van der Waals surface area (Å²) >= 11 is 0. The van der Waals surface area contributed by atoms with Gasteiger partial charge in [-0.3, -0.25) is 0 Å². The Morgan fingerprint density at radius 3 is 2.60 bits per heavy atom. The predicted octanol–water partition coefficient (Wildman–Crippen LogP) is 2.55. The minimum absolute atomic E-state index is 0.291. The number of benzene rings is 1.